The topological polar surface area (TPSA) is 32.3 Å². The van der Waals surface area contributed by atoms with Crippen molar-refractivity contribution in [3.8, 4) is 0 Å². The average Bonchev–Trinajstić information content (AvgIpc) is 2.46. The minimum atomic E-state index is 0.191. The van der Waals surface area contributed by atoms with Gasteiger partial charge in [-0.05, 0) is 42.8 Å². The van der Waals surface area contributed by atoms with Gasteiger partial charge in [0.1, 0.15) is 5.15 Å². The number of fused-ring (bicyclic) bond motifs is 1. The Morgan fingerprint density at radius 3 is 2.48 bits per heavy atom. The Kier molecular flexibility index (Phi) is 4.20. The van der Waals surface area contributed by atoms with E-state index >= 15 is 0 Å². The van der Waals surface area contributed by atoms with Crippen molar-refractivity contribution < 1.29 is 0 Å². The highest BCUT2D eigenvalue weighted by molar-refractivity contribution is 6.35. The Morgan fingerprint density at radius 1 is 1.10 bits per heavy atom. The molecule has 112 valence electrons. The number of anilines is 1. The number of aromatic nitrogens is 2. The summed E-state index contributed by atoms with van der Waals surface area (Å²) in [7, 11) is 0. The van der Waals surface area contributed by atoms with E-state index in [1.54, 1.807) is 0 Å². The first-order chi connectivity index (χ1) is 10.1. The summed E-state index contributed by atoms with van der Waals surface area (Å²) >= 11 is 12.1. The van der Waals surface area contributed by atoms with Gasteiger partial charge < -0.3 is 9.80 Å². The highest BCUT2D eigenvalue weighted by Crippen LogP contribution is 2.30. The maximum absolute atomic E-state index is 6.21. The van der Waals surface area contributed by atoms with Gasteiger partial charge in [-0.1, -0.05) is 18.5 Å². The molecule has 0 amide bonds. The molecule has 1 fully saturated rings. The fourth-order valence-electron chi connectivity index (χ4n) is 2.85. The number of aryl methyl sites for hydroxylation is 1. The summed E-state index contributed by atoms with van der Waals surface area (Å²) in [5.74, 6) is 0. The van der Waals surface area contributed by atoms with Gasteiger partial charge in [0.25, 0.3) is 0 Å². The van der Waals surface area contributed by atoms with Crippen LogP contribution in [0.25, 0.3) is 10.9 Å². The number of piperazine rings is 1. The third-order valence-electron chi connectivity index (χ3n) is 4.10. The fraction of sp³-hybridized carbons (Fsp3) is 0.467. The molecule has 0 unspecified atom stereocenters. The first-order valence-electron chi connectivity index (χ1n) is 7.19. The summed E-state index contributed by atoms with van der Waals surface area (Å²) in [5, 5.41) is 1.47. The lowest BCUT2D eigenvalue weighted by atomic mass is 10.1. The lowest BCUT2D eigenvalue weighted by Crippen LogP contribution is -2.46. The van der Waals surface area contributed by atoms with Crippen LogP contribution in [0.2, 0.25) is 10.4 Å². The zero-order valence-electron chi connectivity index (χ0n) is 12.2. The van der Waals surface area contributed by atoms with Crippen LogP contribution in [0, 0.1) is 6.92 Å². The van der Waals surface area contributed by atoms with E-state index in [1.165, 1.54) is 11.3 Å². The van der Waals surface area contributed by atoms with Crippen LogP contribution in [-0.2, 0) is 0 Å². The van der Waals surface area contributed by atoms with Gasteiger partial charge in [-0.25, -0.2) is 9.97 Å². The number of halogens is 2. The molecule has 1 aliphatic rings. The van der Waals surface area contributed by atoms with Gasteiger partial charge in [0, 0.05) is 37.3 Å². The number of hydrogen-bond donors (Lipinski definition) is 0. The van der Waals surface area contributed by atoms with Crippen molar-refractivity contribution in [3.05, 3.63) is 28.1 Å². The predicted octanol–water partition coefficient (Wildman–Crippen LogP) is 3.39. The molecule has 0 atom stereocenters. The fourth-order valence-corrected chi connectivity index (χ4v) is 3.30. The summed E-state index contributed by atoms with van der Waals surface area (Å²) in [5.41, 5.74) is 3.21. The van der Waals surface area contributed by atoms with E-state index in [1.807, 2.05) is 6.07 Å². The van der Waals surface area contributed by atoms with Crippen molar-refractivity contribution in [1.29, 1.82) is 0 Å². The van der Waals surface area contributed by atoms with Gasteiger partial charge in [-0.3, -0.25) is 0 Å². The minimum absolute atomic E-state index is 0.191. The van der Waals surface area contributed by atoms with E-state index in [-0.39, 0.29) is 5.28 Å². The van der Waals surface area contributed by atoms with Crippen molar-refractivity contribution in [2.24, 2.45) is 0 Å². The van der Waals surface area contributed by atoms with Crippen LogP contribution in [0.4, 0.5) is 5.69 Å². The summed E-state index contributed by atoms with van der Waals surface area (Å²) in [4.78, 5) is 13.2. The molecular weight excluding hydrogens is 307 g/mol. The summed E-state index contributed by atoms with van der Waals surface area (Å²) in [6.45, 7) is 9.68. The number of nitrogens with zero attached hydrogens (tertiary/aromatic N) is 4. The van der Waals surface area contributed by atoms with E-state index in [0.717, 1.165) is 43.6 Å². The molecule has 0 radical (unpaired) electrons. The second-order valence-electron chi connectivity index (χ2n) is 5.36. The molecule has 4 nitrogen and oxygen atoms in total. The van der Waals surface area contributed by atoms with Gasteiger partial charge in [0.2, 0.25) is 5.28 Å². The molecule has 0 N–H and O–H groups in total. The third-order valence-corrected chi connectivity index (χ3v) is 4.56. The van der Waals surface area contributed by atoms with Gasteiger partial charge in [0.15, 0.2) is 0 Å². The maximum atomic E-state index is 6.21. The molecule has 1 aromatic carbocycles. The van der Waals surface area contributed by atoms with E-state index in [9.17, 15) is 0 Å². The Morgan fingerprint density at radius 2 is 1.81 bits per heavy atom. The SMILES string of the molecule is CCN1CCN(c2cc3c(Cl)nc(Cl)nc3cc2C)CC1. The smallest absolute Gasteiger partial charge is 0.224 e. The van der Waals surface area contributed by atoms with E-state index in [2.05, 4.69) is 39.7 Å². The zero-order chi connectivity index (χ0) is 15.0. The molecule has 0 aliphatic carbocycles. The van der Waals surface area contributed by atoms with Gasteiger partial charge in [0.05, 0.1) is 5.52 Å². The molecule has 1 aromatic heterocycles. The van der Waals surface area contributed by atoms with Crippen LogP contribution in [-0.4, -0.2) is 47.6 Å². The lowest BCUT2D eigenvalue weighted by molar-refractivity contribution is 0.271. The Hall–Kier alpha value is -1.10. The van der Waals surface area contributed by atoms with Crippen LogP contribution < -0.4 is 4.90 Å². The normalized spacial score (nSPS) is 16.7. The van der Waals surface area contributed by atoms with Crippen LogP contribution in [0.15, 0.2) is 12.1 Å². The molecule has 2 aromatic rings. The first-order valence-corrected chi connectivity index (χ1v) is 7.94. The van der Waals surface area contributed by atoms with Crippen LogP contribution in [0.5, 0.6) is 0 Å². The van der Waals surface area contributed by atoms with Crippen molar-refractivity contribution in [2.75, 3.05) is 37.6 Å². The lowest BCUT2D eigenvalue weighted by Gasteiger charge is -2.36. The molecule has 0 saturated carbocycles. The Labute approximate surface area is 134 Å². The monoisotopic (exact) mass is 324 g/mol. The highest BCUT2D eigenvalue weighted by Gasteiger charge is 2.18. The summed E-state index contributed by atoms with van der Waals surface area (Å²) < 4.78 is 0. The second kappa shape index (κ2) is 5.95. The maximum Gasteiger partial charge on any atom is 0.224 e. The van der Waals surface area contributed by atoms with Crippen molar-refractivity contribution >= 4 is 39.8 Å². The molecule has 1 saturated heterocycles. The Bertz CT molecular complexity index is 666. The van der Waals surface area contributed by atoms with Crippen LogP contribution in [0.3, 0.4) is 0 Å². The highest BCUT2D eigenvalue weighted by atomic mass is 35.5. The van der Waals surface area contributed by atoms with Crippen molar-refractivity contribution in [2.45, 2.75) is 13.8 Å². The predicted molar refractivity (Wildman–Crippen MR) is 88.6 cm³/mol. The van der Waals surface area contributed by atoms with Crippen molar-refractivity contribution in [3.63, 3.8) is 0 Å². The molecule has 0 bridgehead atoms. The van der Waals surface area contributed by atoms with E-state index in [4.69, 9.17) is 23.2 Å². The summed E-state index contributed by atoms with van der Waals surface area (Å²) in [6.07, 6.45) is 0. The molecule has 2 heterocycles. The van der Waals surface area contributed by atoms with Gasteiger partial charge in [-0.15, -0.1) is 0 Å². The molecular formula is C15H18Cl2N4. The average molecular weight is 325 g/mol. The largest absolute Gasteiger partial charge is 0.369 e. The van der Waals surface area contributed by atoms with Crippen molar-refractivity contribution in [1.82, 2.24) is 14.9 Å². The minimum Gasteiger partial charge on any atom is -0.369 e. The van der Waals surface area contributed by atoms with E-state index in [0.29, 0.717) is 5.15 Å². The number of likely N-dealkylation sites (N-methyl/N-ethyl adjacent to an activating group) is 1. The molecule has 0 spiro atoms. The molecule has 3 rings (SSSR count). The quantitative estimate of drug-likeness (QED) is 0.626. The standard InChI is InChI=1S/C15H18Cl2N4/c1-3-20-4-6-21(7-5-20)13-9-11-12(8-10(13)2)18-15(17)19-14(11)16/h8-9H,3-7H2,1-2H3. The number of benzene rings is 1. The first kappa shape index (κ1) is 14.8. The number of rotatable bonds is 2. The molecule has 6 heteroatoms. The van der Waals surface area contributed by atoms with Gasteiger partial charge >= 0.3 is 0 Å². The second-order valence-corrected chi connectivity index (χ2v) is 6.06. The Balaban J connectivity index is 1.98. The van der Waals surface area contributed by atoms with Gasteiger partial charge in [-0.2, -0.15) is 0 Å². The molecule has 1 aliphatic heterocycles. The summed E-state index contributed by atoms with van der Waals surface area (Å²) in [6, 6.07) is 4.13. The third kappa shape index (κ3) is 2.93. The zero-order valence-corrected chi connectivity index (χ0v) is 13.7. The number of hydrogen-bond acceptors (Lipinski definition) is 4. The van der Waals surface area contributed by atoms with Crippen LogP contribution >= 0.6 is 23.2 Å². The van der Waals surface area contributed by atoms with Crippen LogP contribution in [0.1, 0.15) is 12.5 Å². The van der Waals surface area contributed by atoms with E-state index < -0.39 is 0 Å². The molecule has 21 heavy (non-hydrogen) atoms.